The molecule has 98 valence electrons. The van der Waals surface area contributed by atoms with Gasteiger partial charge in [0.2, 0.25) is 0 Å². The summed E-state index contributed by atoms with van der Waals surface area (Å²) >= 11 is 0. The number of hydrogen-bond donors (Lipinski definition) is 2. The highest BCUT2D eigenvalue weighted by Gasteiger charge is 2.33. The first kappa shape index (κ1) is 13.8. The molecule has 0 spiro atoms. The maximum Gasteiger partial charge on any atom is 0.326 e. The van der Waals surface area contributed by atoms with Gasteiger partial charge in [0.1, 0.15) is 6.04 Å². The Balaban J connectivity index is 2.29. The molecule has 0 saturated carbocycles. The molecule has 0 aromatic carbocycles. The van der Waals surface area contributed by atoms with Crippen molar-refractivity contribution in [3.05, 3.63) is 0 Å². The summed E-state index contributed by atoms with van der Waals surface area (Å²) in [7, 11) is 3.95. The van der Waals surface area contributed by atoms with Crippen molar-refractivity contribution in [3.8, 4) is 0 Å². The first-order valence-corrected chi connectivity index (χ1v) is 5.94. The molecule has 1 aliphatic rings. The van der Waals surface area contributed by atoms with Crippen molar-refractivity contribution in [2.45, 2.75) is 25.3 Å². The van der Waals surface area contributed by atoms with Gasteiger partial charge in [-0.25, -0.2) is 9.59 Å². The summed E-state index contributed by atoms with van der Waals surface area (Å²) in [6, 6.07) is -0.905. The molecule has 1 heterocycles. The third-order valence-corrected chi connectivity index (χ3v) is 2.86. The number of urea groups is 1. The normalized spacial score (nSPS) is 19.7. The fraction of sp³-hybridized carbons (Fsp3) is 0.818. The van der Waals surface area contributed by atoms with Crippen LogP contribution in [0.15, 0.2) is 0 Å². The predicted molar refractivity (Wildman–Crippen MR) is 63.9 cm³/mol. The largest absolute Gasteiger partial charge is 0.480 e. The molecule has 0 aliphatic carbocycles. The lowest BCUT2D eigenvalue weighted by Crippen LogP contribution is -2.46. The molecule has 17 heavy (non-hydrogen) atoms. The average Bonchev–Trinajstić information content (AvgIpc) is 2.72. The molecule has 1 fully saturated rings. The van der Waals surface area contributed by atoms with Crippen molar-refractivity contribution in [3.63, 3.8) is 0 Å². The number of nitrogens with zero attached hydrogens (tertiary/aromatic N) is 2. The van der Waals surface area contributed by atoms with Crippen molar-refractivity contribution in [1.82, 2.24) is 15.1 Å². The van der Waals surface area contributed by atoms with E-state index in [2.05, 4.69) is 5.32 Å². The fourth-order valence-corrected chi connectivity index (χ4v) is 1.96. The van der Waals surface area contributed by atoms with Crippen LogP contribution in [0.5, 0.6) is 0 Å². The van der Waals surface area contributed by atoms with Crippen molar-refractivity contribution in [1.29, 1.82) is 0 Å². The summed E-state index contributed by atoms with van der Waals surface area (Å²) in [5.41, 5.74) is 0. The third-order valence-electron chi connectivity index (χ3n) is 2.86. The number of likely N-dealkylation sites (tertiary alicyclic amines) is 1. The maximum absolute atomic E-state index is 11.7. The molecule has 2 amide bonds. The Hall–Kier alpha value is -1.30. The Labute approximate surface area is 102 Å². The van der Waals surface area contributed by atoms with Gasteiger partial charge >= 0.3 is 12.0 Å². The van der Waals surface area contributed by atoms with Crippen LogP contribution in [0.4, 0.5) is 4.79 Å². The van der Waals surface area contributed by atoms with E-state index in [1.807, 2.05) is 19.0 Å². The molecule has 1 aliphatic heterocycles. The number of hydrogen-bond acceptors (Lipinski definition) is 3. The summed E-state index contributed by atoms with van der Waals surface area (Å²) in [6.07, 6.45) is 2.19. The zero-order valence-corrected chi connectivity index (χ0v) is 10.5. The number of carbonyl (C=O) groups is 2. The van der Waals surface area contributed by atoms with Gasteiger partial charge in [-0.05, 0) is 39.9 Å². The van der Waals surface area contributed by atoms with Crippen molar-refractivity contribution >= 4 is 12.0 Å². The van der Waals surface area contributed by atoms with Gasteiger partial charge < -0.3 is 20.2 Å². The molecule has 1 rings (SSSR count). The highest BCUT2D eigenvalue weighted by molar-refractivity contribution is 5.83. The van der Waals surface area contributed by atoms with Crippen molar-refractivity contribution in [2.75, 3.05) is 33.7 Å². The Kier molecular flexibility index (Phi) is 5.21. The van der Waals surface area contributed by atoms with E-state index in [1.165, 1.54) is 4.90 Å². The first-order valence-electron chi connectivity index (χ1n) is 5.94. The first-order chi connectivity index (χ1) is 8.02. The Morgan fingerprint density at radius 2 is 2.18 bits per heavy atom. The van der Waals surface area contributed by atoms with Crippen LogP contribution < -0.4 is 5.32 Å². The van der Waals surface area contributed by atoms with Crippen LogP contribution in [0.1, 0.15) is 19.3 Å². The van der Waals surface area contributed by atoms with Crippen molar-refractivity contribution in [2.24, 2.45) is 0 Å². The van der Waals surface area contributed by atoms with E-state index in [-0.39, 0.29) is 6.03 Å². The van der Waals surface area contributed by atoms with Gasteiger partial charge in [-0.15, -0.1) is 0 Å². The Bertz CT molecular complexity index is 281. The monoisotopic (exact) mass is 243 g/mol. The standard InChI is InChI=1S/C11H21N3O3/c1-13(2)7-4-6-12-11(17)14-8-3-5-9(14)10(15)16/h9H,3-8H2,1-2H3,(H,12,17)(H,15,16)/t9-/m0/s1. The zero-order chi connectivity index (χ0) is 12.8. The van der Waals surface area contributed by atoms with Gasteiger partial charge in [-0.1, -0.05) is 0 Å². The second kappa shape index (κ2) is 6.44. The summed E-state index contributed by atoms with van der Waals surface area (Å²) in [5, 5.41) is 11.7. The van der Waals surface area contributed by atoms with Crippen LogP contribution >= 0.6 is 0 Å². The molecule has 1 atom stereocenters. The maximum atomic E-state index is 11.7. The summed E-state index contributed by atoms with van der Waals surface area (Å²) in [4.78, 5) is 26.1. The molecule has 0 aromatic rings. The van der Waals surface area contributed by atoms with Crippen LogP contribution in [0.3, 0.4) is 0 Å². The molecule has 0 bridgehead atoms. The molecule has 0 aromatic heterocycles. The van der Waals surface area contributed by atoms with Crippen LogP contribution in [-0.2, 0) is 4.79 Å². The number of aliphatic carboxylic acids is 1. The van der Waals surface area contributed by atoms with Gasteiger partial charge in [-0.3, -0.25) is 0 Å². The molecular formula is C11H21N3O3. The van der Waals surface area contributed by atoms with E-state index >= 15 is 0 Å². The summed E-state index contributed by atoms with van der Waals surface area (Å²) in [6.45, 7) is 2.03. The number of rotatable bonds is 5. The van der Waals surface area contributed by atoms with Gasteiger partial charge in [-0.2, -0.15) is 0 Å². The van der Waals surface area contributed by atoms with Gasteiger partial charge in [0.25, 0.3) is 0 Å². The molecule has 6 nitrogen and oxygen atoms in total. The number of nitrogens with one attached hydrogen (secondary N) is 1. The predicted octanol–water partition coefficient (Wildman–Crippen LogP) is 0.197. The Morgan fingerprint density at radius 1 is 1.47 bits per heavy atom. The molecular weight excluding hydrogens is 222 g/mol. The van der Waals surface area contributed by atoms with Crippen LogP contribution in [0.2, 0.25) is 0 Å². The van der Waals surface area contributed by atoms with Gasteiger partial charge in [0.15, 0.2) is 0 Å². The quantitative estimate of drug-likeness (QED) is 0.676. The fourth-order valence-electron chi connectivity index (χ4n) is 1.96. The minimum atomic E-state index is -0.911. The minimum Gasteiger partial charge on any atom is -0.480 e. The molecule has 1 saturated heterocycles. The SMILES string of the molecule is CN(C)CCCNC(=O)N1CCC[C@H]1C(=O)O. The lowest BCUT2D eigenvalue weighted by atomic mass is 10.2. The second-order valence-electron chi connectivity index (χ2n) is 4.58. The highest BCUT2D eigenvalue weighted by atomic mass is 16.4. The second-order valence-corrected chi connectivity index (χ2v) is 4.58. The van der Waals surface area contributed by atoms with E-state index < -0.39 is 12.0 Å². The van der Waals surface area contributed by atoms with Crippen molar-refractivity contribution < 1.29 is 14.7 Å². The van der Waals surface area contributed by atoms with Crippen LogP contribution in [0.25, 0.3) is 0 Å². The summed E-state index contributed by atoms with van der Waals surface area (Å²) < 4.78 is 0. The van der Waals surface area contributed by atoms with E-state index in [4.69, 9.17) is 5.11 Å². The number of carboxylic acid groups (broad SMARTS) is 1. The van der Waals surface area contributed by atoms with E-state index in [9.17, 15) is 9.59 Å². The van der Waals surface area contributed by atoms with Gasteiger partial charge in [0, 0.05) is 13.1 Å². The van der Waals surface area contributed by atoms with E-state index in [1.54, 1.807) is 0 Å². The Morgan fingerprint density at radius 3 is 2.76 bits per heavy atom. The molecule has 2 N–H and O–H groups in total. The summed E-state index contributed by atoms with van der Waals surface area (Å²) in [5.74, 6) is -0.911. The van der Waals surface area contributed by atoms with Gasteiger partial charge in [0.05, 0.1) is 0 Å². The zero-order valence-electron chi connectivity index (χ0n) is 10.5. The lowest BCUT2D eigenvalue weighted by Gasteiger charge is -2.22. The minimum absolute atomic E-state index is 0.256. The van der Waals surface area contributed by atoms with Crippen LogP contribution in [0, 0.1) is 0 Å². The molecule has 0 radical (unpaired) electrons. The number of carboxylic acids is 1. The number of amides is 2. The topological polar surface area (TPSA) is 72.9 Å². The highest BCUT2D eigenvalue weighted by Crippen LogP contribution is 2.17. The average molecular weight is 243 g/mol. The van der Waals surface area contributed by atoms with E-state index in [0.717, 1.165) is 19.4 Å². The third kappa shape index (κ3) is 4.22. The van der Waals surface area contributed by atoms with E-state index in [0.29, 0.717) is 19.5 Å². The lowest BCUT2D eigenvalue weighted by molar-refractivity contribution is -0.141. The number of carbonyl (C=O) groups excluding carboxylic acids is 1. The smallest absolute Gasteiger partial charge is 0.326 e. The molecule has 0 unspecified atom stereocenters. The van der Waals surface area contributed by atoms with Crippen LogP contribution in [-0.4, -0.2) is 66.7 Å². The molecule has 6 heteroatoms.